The van der Waals surface area contributed by atoms with Crippen molar-refractivity contribution in [3.8, 4) is 0 Å². The van der Waals surface area contributed by atoms with E-state index in [9.17, 15) is 8.42 Å². The van der Waals surface area contributed by atoms with Gasteiger partial charge in [0.05, 0.1) is 19.8 Å². The monoisotopic (exact) mass is 424 g/mol. The molecular formula is C21H44O6S. The van der Waals surface area contributed by atoms with Gasteiger partial charge >= 0.3 is 10.4 Å². The van der Waals surface area contributed by atoms with Crippen LogP contribution in [0, 0.1) is 0 Å². The second-order valence-corrected chi connectivity index (χ2v) is 8.94. The van der Waals surface area contributed by atoms with Crippen LogP contribution in [0.2, 0.25) is 0 Å². The third kappa shape index (κ3) is 20.5. The summed E-state index contributed by atoms with van der Waals surface area (Å²) in [4.78, 5) is 0. The van der Waals surface area contributed by atoms with Crippen LogP contribution in [0.25, 0.3) is 0 Å². The predicted octanol–water partition coefficient (Wildman–Crippen LogP) is 4.88. The van der Waals surface area contributed by atoms with Gasteiger partial charge in [-0.2, -0.15) is 8.42 Å². The third-order valence-corrected chi connectivity index (χ3v) is 5.72. The van der Waals surface area contributed by atoms with Gasteiger partial charge in [0.2, 0.25) is 0 Å². The third-order valence-electron chi connectivity index (χ3n) is 4.84. The average Bonchev–Trinajstić information content (AvgIpc) is 2.68. The maximum absolute atomic E-state index is 11.4. The maximum Gasteiger partial charge on any atom is 0.399 e. The average molecular weight is 425 g/mol. The molecule has 1 unspecified atom stereocenters. The molecule has 0 aromatic carbocycles. The van der Waals surface area contributed by atoms with Gasteiger partial charge in [0.1, 0.15) is 6.10 Å². The predicted molar refractivity (Wildman–Crippen MR) is 113 cm³/mol. The van der Waals surface area contributed by atoms with E-state index in [0.29, 0.717) is 6.42 Å². The zero-order chi connectivity index (χ0) is 20.9. The molecule has 0 aliphatic heterocycles. The van der Waals surface area contributed by atoms with Crippen molar-refractivity contribution in [2.75, 3.05) is 19.8 Å². The van der Waals surface area contributed by atoms with Gasteiger partial charge < -0.3 is 10.2 Å². The van der Waals surface area contributed by atoms with Crippen molar-refractivity contribution in [3.05, 3.63) is 0 Å². The summed E-state index contributed by atoms with van der Waals surface area (Å²) in [7, 11) is -4.08. The van der Waals surface area contributed by atoms with Gasteiger partial charge in [0.15, 0.2) is 0 Å². The number of hydrogen-bond donors (Lipinski definition) is 2. The molecular weight excluding hydrogens is 380 g/mol. The Morgan fingerprint density at radius 2 is 1.07 bits per heavy atom. The Hall–Kier alpha value is -0.210. The van der Waals surface area contributed by atoms with Crippen LogP contribution in [0.15, 0.2) is 0 Å². The fourth-order valence-corrected chi connectivity index (χ4v) is 3.77. The summed E-state index contributed by atoms with van der Waals surface area (Å²) in [5, 5.41) is 17.6. The van der Waals surface area contributed by atoms with Crippen molar-refractivity contribution in [2.24, 2.45) is 0 Å². The maximum atomic E-state index is 11.4. The number of aliphatic hydroxyl groups is 2. The van der Waals surface area contributed by atoms with Crippen LogP contribution >= 0.6 is 0 Å². The van der Waals surface area contributed by atoms with E-state index in [-0.39, 0.29) is 6.61 Å². The molecule has 1 atom stereocenters. The van der Waals surface area contributed by atoms with Crippen LogP contribution in [0.3, 0.4) is 0 Å². The van der Waals surface area contributed by atoms with Gasteiger partial charge in [-0.1, -0.05) is 103 Å². The summed E-state index contributed by atoms with van der Waals surface area (Å²) in [5.74, 6) is 0. The first-order chi connectivity index (χ1) is 13.5. The minimum absolute atomic E-state index is 0.0933. The SMILES string of the molecule is CCCCCCCCCCCCCCCCCCOS(=O)(=O)OCC(O)CO. The van der Waals surface area contributed by atoms with Crippen LogP contribution in [-0.4, -0.2) is 44.6 Å². The number of aliphatic hydroxyl groups excluding tert-OH is 2. The van der Waals surface area contributed by atoms with Crippen LogP contribution in [-0.2, 0) is 18.8 Å². The number of unbranched alkanes of at least 4 members (excludes halogenated alkanes) is 15. The van der Waals surface area contributed by atoms with Crippen LogP contribution < -0.4 is 0 Å². The Balaban J connectivity index is 3.25. The quantitative estimate of drug-likeness (QED) is 0.241. The van der Waals surface area contributed by atoms with Crippen LogP contribution in [0.4, 0.5) is 0 Å². The summed E-state index contributed by atoms with van der Waals surface area (Å²) >= 11 is 0. The molecule has 0 radical (unpaired) electrons. The van der Waals surface area contributed by atoms with Gasteiger partial charge in [-0.05, 0) is 6.42 Å². The molecule has 0 saturated carbocycles. The van der Waals surface area contributed by atoms with Crippen molar-refractivity contribution in [2.45, 2.75) is 116 Å². The highest BCUT2D eigenvalue weighted by atomic mass is 32.3. The summed E-state index contributed by atoms with van der Waals surface area (Å²) < 4.78 is 31.9. The fourth-order valence-electron chi connectivity index (χ4n) is 3.06. The van der Waals surface area contributed by atoms with Crippen molar-refractivity contribution in [1.82, 2.24) is 0 Å². The number of rotatable bonds is 22. The second-order valence-electron chi connectivity index (χ2n) is 7.65. The Bertz CT molecular complexity index is 413. The van der Waals surface area contributed by atoms with Crippen molar-refractivity contribution < 1.29 is 27.0 Å². The molecule has 7 heteroatoms. The number of hydrogen-bond acceptors (Lipinski definition) is 6. The van der Waals surface area contributed by atoms with Gasteiger partial charge in [-0.25, -0.2) is 8.37 Å². The highest BCUT2D eigenvalue weighted by Crippen LogP contribution is 2.13. The lowest BCUT2D eigenvalue weighted by atomic mass is 10.0. The highest BCUT2D eigenvalue weighted by molar-refractivity contribution is 7.81. The molecule has 0 amide bonds. The van der Waals surface area contributed by atoms with Crippen molar-refractivity contribution in [1.29, 1.82) is 0 Å². The van der Waals surface area contributed by atoms with E-state index in [0.717, 1.165) is 12.8 Å². The van der Waals surface area contributed by atoms with E-state index < -0.39 is 29.7 Å². The standard InChI is InChI=1S/C21H44O6S/c1-2-3-4-5-6-7-8-9-10-11-12-13-14-15-16-17-18-26-28(24,25)27-20-21(23)19-22/h21-23H,2-20H2,1H3. The van der Waals surface area contributed by atoms with E-state index in [1.165, 1.54) is 83.5 Å². The first kappa shape index (κ1) is 27.8. The lowest BCUT2D eigenvalue weighted by Gasteiger charge is -2.08. The second kappa shape index (κ2) is 20.1. The topological polar surface area (TPSA) is 93.1 Å². The van der Waals surface area contributed by atoms with Gasteiger partial charge in [0.25, 0.3) is 0 Å². The molecule has 0 aliphatic rings. The van der Waals surface area contributed by atoms with Crippen molar-refractivity contribution >= 4 is 10.4 Å². The van der Waals surface area contributed by atoms with Gasteiger partial charge in [-0.3, -0.25) is 0 Å². The van der Waals surface area contributed by atoms with Crippen LogP contribution in [0.1, 0.15) is 110 Å². The normalized spacial score (nSPS) is 13.1. The molecule has 170 valence electrons. The molecule has 28 heavy (non-hydrogen) atoms. The molecule has 0 aliphatic carbocycles. The molecule has 2 N–H and O–H groups in total. The Kier molecular flexibility index (Phi) is 19.9. The first-order valence-corrected chi connectivity index (χ1v) is 12.7. The van der Waals surface area contributed by atoms with E-state index in [1.807, 2.05) is 0 Å². The molecule has 6 nitrogen and oxygen atoms in total. The first-order valence-electron chi connectivity index (χ1n) is 11.3. The molecule has 0 bridgehead atoms. The van der Waals surface area contributed by atoms with Gasteiger partial charge in [0, 0.05) is 0 Å². The van der Waals surface area contributed by atoms with Crippen molar-refractivity contribution in [3.63, 3.8) is 0 Å². The lowest BCUT2D eigenvalue weighted by Crippen LogP contribution is -2.23. The fraction of sp³-hybridized carbons (Fsp3) is 1.00. The minimum atomic E-state index is -4.08. The summed E-state index contributed by atoms with van der Waals surface area (Å²) in [6, 6.07) is 0. The van der Waals surface area contributed by atoms with E-state index >= 15 is 0 Å². The molecule has 0 spiro atoms. The largest absolute Gasteiger partial charge is 0.399 e. The molecule has 0 rings (SSSR count). The van der Waals surface area contributed by atoms with Crippen LogP contribution in [0.5, 0.6) is 0 Å². The van der Waals surface area contributed by atoms with E-state index in [2.05, 4.69) is 11.1 Å². The summed E-state index contributed by atoms with van der Waals surface area (Å²) in [6.45, 7) is 1.32. The zero-order valence-electron chi connectivity index (χ0n) is 17.9. The lowest BCUT2D eigenvalue weighted by molar-refractivity contribution is 0.0487. The minimum Gasteiger partial charge on any atom is -0.394 e. The highest BCUT2D eigenvalue weighted by Gasteiger charge is 2.14. The Morgan fingerprint density at radius 3 is 1.46 bits per heavy atom. The smallest absolute Gasteiger partial charge is 0.394 e. The summed E-state index contributed by atoms with van der Waals surface area (Å²) in [5.41, 5.74) is 0. The summed E-state index contributed by atoms with van der Waals surface area (Å²) in [6.07, 6.45) is 19.0. The molecule has 0 heterocycles. The zero-order valence-corrected chi connectivity index (χ0v) is 18.8. The van der Waals surface area contributed by atoms with E-state index in [4.69, 9.17) is 14.4 Å². The molecule has 0 saturated heterocycles. The van der Waals surface area contributed by atoms with E-state index in [1.54, 1.807) is 0 Å². The molecule has 0 fully saturated rings. The Labute approximate surface area is 173 Å². The molecule has 0 aromatic heterocycles. The Morgan fingerprint density at radius 1 is 0.679 bits per heavy atom. The van der Waals surface area contributed by atoms with Gasteiger partial charge in [-0.15, -0.1) is 0 Å². The molecule has 0 aromatic rings.